The number of hydrogen-bond donors (Lipinski definition) is 2. The highest BCUT2D eigenvalue weighted by atomic mass is 16.2. The molecule has 0 saturated heterocycles. The summed E-state index contributed by atoms with van der Waals surface area (Å²) in [6, 6.07) is 1.02. The quantitative estimate of drug-likeness (QED) is 0.722. The first kappa shape index (κ1) is 11.4. The third-order valence-electron chi connectivity index (χ3n) is 1.96. The summed E-state index contributed by atoms with van der Waals surface area (Å²) in [4.78, 5) is 18.9. The molecule has 0 radical (unpaired) electrons. The van der Waals surface area contributed by atoms with Gasteiger partial charge in [-0.05, 0) is 12.5 Å². The molecule has 0 spiro atoms. The highest BCUT2D eigenvalue weighted by Crippen LogP contribution is 2.05. The molecule has 0 saturated carbocycles. The van der Waals surface area contributed by atoms with Crippen LogP contribution in [0.25, 0.3) is 0 Å². The lowest BCUT2D eigenvalue weighted by atomic mass is 10.2. The molecule has 3 N–H and O–H groups in total. The molecule has 0 unspecified atom stereocenters. The summed E-state index contributed by atoms with van der Waals surface area (Å²) in [5, 5.41) is 2.42. The lowest BCUT2D eigenvalue weighted by Gasteiger charge is -2.03. The fourth-order valence-electron chi connectivity index (χ4n) is 1.25. The van der Waals surface area contributed by atoms with Gasteiger partial charge in [-0.1, -0.05) is 19.8 Å². The van der Waals surface area contributed by atoms with Crippen LogP contribution in [0.15, 0.2) is 12.3 Å². The second-order valence-corrected chi connectivity index (χ2v) is 3.30. The van der Waals surface area contributed by atoms with Crippen molar-refractivity contribution in [3.05, 3.63) is 18.1 Å². The maximum absolute atomic E-state index is 10.6. The van der Waals surface area contributed by atoms with Gasteiger partial charge < -0.3 is 5.73 Å². The van der Waals surface area contributed by atoms with E-state index in [4.69, 9.17) is 5.73 Å². The van der Waals surface area contributed by atoms with E-state index in [0.29, 0.717) is 5.82 Å². The SMILES string of the molecule is CCCCCc1nccc(NC(N)=O)n1. The predicted octanol–water partition coefficient (Wildman–Crippen LogP) is 1.70. The van der Waals surface area contributed by atoms with Crippen LogP contribution in [0.2, 0.25) is 0 Å². The van der Waals surface area contributed by atoms with E-state index in [9.17, 15) is 4.79 Å². The zero-order valence-corrected chi connectivity index (χ0v) is 8.86. The van der Waals surface area contributed by atoms with E-state index in [1.165, 1.54) is 6.42 Å². The molecule has 0 aliphatic heterocycles. The van der Waals surface area contributed by atoms with Gasteiger partial charge in [-0.25, -0.2) is 14.8 Å². The number of unbranched alkanes of at least 4 members (excludes halogenated alkanes) is 2. The summed E-state index contributed by atoms with van der Waals surface area (Å²) in [6.45, 7) is 2.14. The Balaban J connectivity index is 2.53. The number of carbonyl (C=O) groups excluding carboxylic acids is 1. The highest BCUT2D eigenvalue weighted by molar-refractivity contribution is 5.86. The fraction of sp³-hybridized carbons (Fsp3) is 0.500. The Morgan fingerprint density at radius 3 is 3.00 bits per heavy atom. The second-order valence-electron chi connectivity index (χ2n) is 3.30. The standard InChI is InChI=1S/C10H16N4O/c1-2-3-4-5-8-12-7-6-9(13-8)14-10(11)15/h6-7H,2-5H2,1H3,(H3,11,12,13,14,15). The summed E-state index contributed by atoms with van der Waals surface area (Å²) in [5.74, 6) is 1.21. The number of nitrogens with one attached hydrogen (secondary N) is 1. The lowest BCUT2D eigenvalue weighted by molar-refractivity contribution is 0.259. The average molecular weight is 208 g/mol. The third-order valence-corrected chi connectivity index (χ3v) is 1.96. The summed E-state index contributed by atoms with van der Waals surface area (Å²) in [5.41, 5.74) is 4.99. The molecule has 1 heterocycles. The van der Waals surface area contributed by atoms with Crippen LogP contribution in [0, 0.1) is 0 Å². The van der Waals surface area contributed by atoms with Gasteiger partial charge in [-0.2, -0.15) is 0 Å². The van der Waals surface area contributed by atoms with Gasteiger partial charge in [-0.15, -0.1) is 0 Å². The monoisotopic (exact) mass is 208 g/mol. The molecule has 0 aliphatic rings. The number of nitrogens with zero attached hydrogens (tertiary/aromatic N) is 2. The van der Waals surface area contributed by atoms with Crippen molar-refractivity contribution >= 4 is 11.8 Å². The van der Waals surface area contributed by atoms with E-state index in [0.717, 1.165) is 25.1 Å². The molecule has 5 nitrogen and oxygen atoms in total. The Labute approximate surface area is 89.1 Å². The van der Waals surface area contributed by atoms with Crippen LogP contribution in [0.5, 0.6) is 0 Å². The number of primary amides is 1. The first-order valence-corrected chi connectivity index (χ1v) is 5.10. The number of anilines is 1. The minimum atomic E-state index is -0.604. The Hall–Kier alpha value is -1.65. The van der Waals surface area contributed by atoms with Crippen LogP contribution in [-0.2, 0) is 6.42 Å². The normalized spacial score (nSPS) is 9.93. The number of nitrogens with two attached hydrogens (primary N) is 1. The van der Waals surface area contributed by atoms with Crippen LogP contribution in [0.4, 0.5) is 10.6 Å². The van der Waals surface area contributed by atoms with Crippen LogP contribution < -0.4 is 11.1 Å². The Bertz CT molecular complexity index is 327. The van der Waals surface area contributed by atoms with Crippen molar-refractivity contribution in [2.24, 2.45) is 5.73 Å². The minimum absolute atomic E-state index is 0.462. The predicted molar refractivity (Wildman–Crippen MR) is 58.5 cm³/mol. The molecule has 82 valence electrons. The van der Waals surface area contributed by atoms with Gasteiger partial charge in [0.25, 0.3) is 0 Å². The number of aromatic nitrogens is 2. The largest absolute Gasteiger partial charge is 0.351 e. The van der Waals surface area contributed by atoms with Crippen molar-refractivity contribution in [1.29, 1.82) is 0 Å². The van der Waals surface area contributed by atoms with Crippen molar-refractivity contribution in [2.45, 2.75) is 32.6 Å². The summed E-state index contributed by atoms with van der Waals surface area (Å²) < 4.78 is 0. The van der Waals surface area contributed by atoms with E-state index in [-0.39, 0.29) is 0 Å². The molecule has 1 aromatic heterocycles. The van der Waals surface area contributed by atoms with Crippen LogP contribution in [0.3, 0.4) is 0 Å². The Morgan fingerprint density at radius 1 is 1.53 bits per heavy atom. The third kappa shape index (κ3) is 4.39. The van der Waals surface area contributed by atoms with Crippen molar-refractivity contribution in [3.63, 3.8) is 0 Å². The number of carbonyl (C=O) groups is 1. The van der Waals surface area contributed by atoms with Crippen molar-refractivity contribution < 1.29 is 4.79 Å². The van der Waals surface area contributed by atoms with E-state index < -0.39 is 6.03 Å². The smallest absolute Gasteiger partial charge is 0.317 e. The molecule has 0 bridgehead atoms. The molecule has 1 aromatic rings. The highest BCUT2D eigenvalue weighted by Gasteiger charge is 2.00. The molecular weight excluding hydrogens is 192 g/mol. The fourth-order valence-corrected chi connectivity index (χ4v) is 1.25. The van der Waals surface area contributed by atoms with Crippen molar-refractivity contribution in [2.75, 3.05) is 5.32 Å². The van der Waals surface area contributed by atoms with Crippen molar-refractivity contribution in [3.8, 4) is 0 Å². The number of amides is 2. The van der Waals surface area contributed by atoms with Gasteiger partial charge in [0.2, 0.25) is 0 Å². The molecule has 0 aliphatic carbocycles. The Kier molecular flexibility index (Phi) is 4.53. The maximum Gasteiger partial charge on any atom is 0.317 e. The molecular formula is C10H16N4O. The van der Waals surface area contributed by atoms with Crippen LogP contribution in [0.1, 0.15) is 32.0 Å². The van der Waals surface area contributed by atoms with Gasteiger partial charge in [0.1, 0.15) is 11.6 Å². The first-order valence-electron chi connectivity index (χ1n) is 5.10. The van der Waals surface area contributed by atoms with Gasteiger partial charge in [0, 0.05) is 12.6 Å². The molecule has 0 aromatic carbocycles. The van der Waals surface area contributed by atoms with Crippen LogP contribution >= 0.6 is 0 Å². The molecule has 15 heavy (non-hydrogen) atoms. The zero-order valence-electron chi connectivity index (χ0n) is 8.86. The van der Waals surface area contributed by atoms with E-state index in [2.05, 4.69) is 22.2 Å². The lowest BCUT2D eigenvalue weighted by Crippen LogP contribution is -2.20. The summed E-state index contributed by atoms with van der Waals surface area (Å²) in [6.07, 6.45) is 5.86. The summed E-state index contributed by atoms with van der Waals surface area (Å²) >= 11 is 0. The first-order chi connectivity index (χ1) is 7.22. The number of aryl methyl sites for hydroxylation is 1. The molecule has 5 heteroatoms. The second kappa shape index (κ2) is 5.95. The number of hydrogen-bond acceptors (Lipinski definition) is 3. The molecule has 0 atom stereocenters. The van der Waals surface area contributed by atoms with Gasteiger partial charge in [0.05, 0.1) is 0 Å². The van der Waals surface area contributed by atoms with E-state index in [1.54, 1.807) is 12.3 Å². The molecule has 1 rings (SSSR count). The maximum atomic E-state index is 10.6. The van der Waals surface area contributed by atoms with Gasteiger partial charge in [0.15, 0.2) is 0 Å². The van der Waals surface area contributed by atoms with Gasteiger partial charge >= 0.3 is 6.03 Å². The number of urea groups is 1. The topological polar surface area (TPSA) is 80.9 Å². The minimum Gasteiger partial charge on any atom is -0.351 e. The Morgan fingerprint density at radius 2 is 2.33 bits per heavy atom. The van der Waals surface area contributed by atoms with Gasteiger partial charge in [-0.3, -0.25) is 5.32 Å². The average Bonchev–Trinajstić information content (AvgIpc) is 2.18. The zero-order chi connectivity index (χ0) is 11.1. The molecule has 0 fully saturated rings. The van der Waals surface area contributed by atoms with Crippen LogP contribution in [-0.4, -0.2) is 16.0 Å². The number of rotatable bonds is 5. The van der Waals surface area contributed by atoms with E-state index >= 15 is 0 Å². The van der Waals surface area contributed by atoms with Crippen molar-refractivity contribution in [1.82, 2.24) is 9.97 Å². The molecule has 2 amide bonds. The van der Waals surface area contributed by atoms with E-state index in [1.807, 2.05) is 0 Å². The summed E-state index contributed by atoms with van der Waals surface area (Å²) in [7, 11) is 0.